The Labute approximate surface area is 58.9 Å². The second-order valence-electron chi connectivity index (χ2n) is 0.448. The van der Waals surface area contributed by atoms with Crippen molar-refractivity contribution < 1.29 is 48.6 Å². The molecule has 0 aliphatic heterocycles. The molecule has 36 valence electrons. The van der Waals surface area contributed by atoms with Gasteiger partial charge >= 0.3 is 10.4 Å². The molecule has 0 unspecified atom stereocenters. The molecule has 6 heavy (non-hydrogen) atoms. The molecule has 0 heterocycles. The zero-order chi connectivity index (χ0) is 4.50. The van der Waals surface area contributed by atoms with Gasteiger partial charge in [-0.25, -0.2) is 0 Å². The Hall–Kier alpha value is 0.922. The van der Waals surface area contributed by atoms with E-state index in [9.17, 15) is 0 Å². The largest absolute Gasteiger partial charge is 0.394 e. The molecule has 2 N–H and O–H groups in total. The molecule has 0 radical (unpaired) electrons. The van der Waals surface area contributed by atoms with Crippen LogP contribution in [0.2, 0.25) is 0 Å². The van der Waals surface area contributed by atoms with Crippen LogP contribution < -0.4 is 0 Å². The maximum atomic E-state index is 8.74. The summed E-state index contributed by atoms with van der Waals surface area (Å²) in [6, 6.07) is 0. The van der Waals surface area contributed by atoms with Crippen LogP contribution in [0.15, 0.2) is 0 Å². The first-order chi connectivity index (χ1) is 2.00. The number of hydrogen-bond donors (Lipinski definition) is 2. The van der Waals surface area contributed by atoms with Crippen molar-refractivity contribution in [2.75, 3.05) is 0 Å². The molecule has 0 amide bonds. The van der Waals surface area contributed by atoms with Gasteiger partial charge in [-0.2, -0.15) is 8.42 Å². The van der Waals surface area contributed by atoms with E-state index in [1.54, 1.807) is 0 Å². The van der Waals surface area contributed by atoms with Crippen LogP contribution in [0.25, 0.3) is 0 Å². The van der Waals surface area contributed by atoms with Crippen molar-refractivity contribution in [3.8, 4) is 0 Å². The van der Waals surface area contributed by atoms with Crippen molar-refractivity contribution in [3.63, 3.8) is 0 Å². The van der Waals surface area contributed by atoms with Crippen LogP contribution in [0.4, 0.5) is 0 Å². The Morgan fingerprint density at radius 3 is 1.17 bits per heavy atom. The summed E-state index contributed by atoms with van der Waals surface area (Å²) in [6.45, 7) is 0. The zero-order valence-electron chi connectivity index (χ0n) is 2.62. The van der Waals surface area contributed by atoms with E-state index in [1.165, 1.54) is 0 Å². The monoisotopic (exact) mass is 336 g/mol. The molecule has 0 atom stereocenters. The van der Waals surface area contributed by atoms with Gasteiger partial charge in [0.05, 0.1) is 0 Å². The fourth-order valence-electron chi connectivity index (χ4n) is 0. The van der Waals surface area contributed by atoms with Crippen LogP contribution in [-0.4, -0.2) is 17.5 Å². The normalized spacial score (nSPS) is 9.67. The SMILES string of the molecule is O=S(=O)(O)O.[U]. The predicted molar refractivity (Wildman–Crippen MR) is 14.2 cm³/mol. The first-order valence-corrected chi connectivity index (χ1v) is 2.10. The summed E-state index contributed by atoms with van der Waals surface area (Å²) in [7, 11) is -4.67. The van der Waals surface area contributed by atoms with Crippen LogP contribution in [0.5, 0.6) is 0 Å². The Balaban J connectivity index is 0. The first kappa shape index (κ1) is 10.0. The van der Waals surface area contributed by atoms with E-state index in [1.807, 2.05) is 0 Å². The minimum atomic E-state index is -4.67. The summed E-state index contributed by atoms with van der Waals surface area (Å²) in [5, 5.41) is 0. The van der Waals surface area contributed by atoms with Crippen LogP contribution in [0.3, 0.4) is 0 Å². The second-order valence-corrected chi connectivity index (χ2v) is 1.34. The third-order valence-corrected chi connectivity index (χ3v) is 0. The van der Waals surface area contributed by atoms with Crippen LogP contribution in [-0.2, 0) is 10.4 Å². The molecule has 0 aromatic heterocycles. The van der Waals surface area contributed by atoms with Crippen LogP contribution in [0, 0.1) is 31.1 Å². The standard InChI is InChI=1S/H2O4S.U/c1-5(2,3)4;/h(H2,1,2,3,4);. The predicted octanol–water partition coefficient (Wildman–Crippen LogP) is -0.653. The van der Waals surface area contributed by atoms with Gasteiger partial charge in [-0.05, 0) is 0 Å². The van der Waals surface area contributed by atoms with Gasteiger partial charge in [0, 0.05) is 31.1 Å². The Morgan fingerprint density at radius 1 is 1.17 bits per heavy atom. The van der Waals surface area contributed by atoms with Crippen molar-refractivity contribution in [1.82, 2.24) is 0 Å². The molecular weight excluding hydrogens is 334 g/mol. The van der Waals surface area contributed by atoms with E-state index in [2.05, 4.69) is 0 Å². The molecule has 0 aromatic rings. The zero-order valence-corrected chi connectivity index (χ0v) is 7.60. The van der Waals surface area contributed by atoms with Crippen molar-refractivity contribution in [2.45, 2.75) is 0 Å². The molecule has 0 rings (SSSR count). The summed E-state index contributed by atoms with van der Waals surface area (Å²) in [5.41, 5.74) is 0. The third-order valence-electron chi connectivity index (χ3n) is 0. The van der Waals surface area contributed by atoms with Crippen molar-refractivity contribution in [3.05, 3.63) is 0 Å². The van der Waals surface area contributed by atoms with Gasteiger partial charge in [-0.1, -0.05) is 0 Å². The van der Waals surface area contributed by atoms with Crippen LogP contribution in [0.1, 0.15) is 0 Å². The van der Waals surface area contributed by atoms with Gasteiger partial charge in [0.1, 0.15) is 0 Å². The van der Waals surface area contributed by atoms with E-state index in [0.717, 1.165) is 0 Å². The minimum absolute atomic E-state index is 0. The third kappa shape index (κ3) is 89.1. The average molecular weight is 336 g/mol. The fourth-order valence-corrected chi connectivity index (χ4v) is 0. The molecule has 6 heteroatoms. The Kier molecular flexibility index (Phi) is 5.00. The molecule has 4 nitrogen and oxygen atoms in total. The molecule has 0 saturated carbocycles. The minimum Gasteiger partial charge on any atom is -0.264 e. The van der Waals surface area contributed by atoms with E-state index in [4.69, 9.17) is 17.5 Å². The number of rotatable bonds is 0. The summed E-state index contributed by atoms with van der Waals surface area (Å²) in [6.07, 6.45) is 0. The van der Waals surface area contributed by atoms with E-state index in [0.29, 0.717) is 0 Å². The van der Waals surface area contributed by atoms with Gasteiger partial charge in [0.25, 0.3) is 0 Å². The quantitative estimate of drug-likeness (QED) is 0.577. The molecule has 0 aliphatic rings. The van der Waals surface area contributed by atoms with Crippen LogP contribution >= 0.6 is 0 Å². The van der Waals surface area contributed by atoms with E-state index in [-0.39, 0.29) is 31.1 Å². The number of hydrogen-bond acceptors (Lipinski definition) is 2. The van der Waals surface area contributed by atoms with Crippen molar-refractivity contribution in [2.24, 2.45) is 0 Å². The van der Waals surface area contributed by atoms with Gasteiger partial charge in [0.2, 0.25) is 0 Å². The summed E-state index contributed by atoms with van der Waals surface area (Å²) in [4.78, 5) is 0. The first-order valence-electron chi connectivity index (χ1n) is 0.698. The average Bonchev–Trinajstić information content (AvgIpc) is 0.722. The van der Waals surface area contributed by atoms with E-state index >= 15 is 0 Å². The summed E-state index contributed by atoms with van der Waals surface area (Å²) in [5.74, 6) is 0. The summed E-state index contributed by atoms with van der Waals surface area (Å²) >= 11 is 0. The maximum absolute atomic E-state index is 8.74. The van der Waals surface area contributed by atoms with Gasteiger partial charge in [-0.15, -0.1) is 0 Å². The molecular formula is H2O4SU. The Bertz CT molecular complexity index is 90.7. The molecule has 0 fully saturated rings. The second kappa shape index (κ2) is 2.99. The molecule has 0 aromatic carbocycles. The van der Waals surface area contributed by atoms with Crippen molar-refractivity contribution >= 4 is 10.4 Å². The van der Waals surface area contributed by atoms with Gasteiger partial charge in [0.15, 0.2) is 0 Å². The molecule has 0 bridgehead atoms. The smallest absolute Gasteiger partial charge is 0.264 e. The summed E-state index contributed by atoms with van der Waals surface area (Å²) < 4.78 is 31.6. The van der Waals surface area contributed by atoms with Gasteiger partial charge < -0.3 is 0 Å². The van der Waals surface area contributed by atoms with E-state index < -0.39 is 10.4 Å². The fraction of sp³-hybridized carbons (Fsp3) is 0. The molecule has 0 saturated heterocycles. The Morgan fingerprint density at radius 2 is 1.17 bits per heavy atom. The topological polar surface area (TPSA) is 74.6 Å². The van der Waals surface area contributed by atoms with Crippen molar-refractivity contribution in [1.29, 1.82) is 0 Å². The molecule has 0 aliphatic carbocycles. The van der Waals surface area contributed by atoms with Gasteiger partial charge in [-0.3, -0.25) is 9.11 Å². The molecule has 0 spiro atoms. The maximum Gasteiger partial charge on any atom is 0.394 e.